The van der Waals surface area contributed by atoms with E-state index in [1.54, 1.807) is 0 Å². The summed E-state index contributed by atoms with van der Waals surface area (Å²) in [6.07, 6.45) is 0. The van der Waals surface area contributed by atoms with Crippen LogP contribution in [0.5, 0.6) is 0 Å². The topological polar surface area (TPSA) is 54.4 Å². The molecule has 1 N–H and O–H groups in total. The molecule has 5 heteroatoms. The molecule has 0 atom stereocenters. The van der Waals surface area contributed by atoms with E-state index in [4.69, 9.17) is 4.55 Å². The quantitative estimate of drug-likeness (QED) is 0.698. The first-order valence-corrected chi connectivity index (χ1v) is 8.44. The maximum absolute atomic E-state index is 9.56. The van der Waals surface area contributed by atoms with E-state index in [0.29, 0.717) is 0 Å². The third-order valence-corrected chi connectivity index (χ3v) is 4.17. The summed E-state index contributed by atoms with van der Waals surface area (Å²) in [4.78, 5) is 0. The van der Waals surface area contributed by atoms with Gasteiger partial charge in [-0.1, -0.05) is 69.2 Å². The molecule has 0 aromatic heterocycles. The van der Waals surface area contributed by atoms with E-state index in [1.165, 1.54) is 17.5 Å². The average Bonchev–Trinajstić information content (AvgIpc) is 2.41. The lowest BCUT2D eigenvalue weighted by atomic mass is 10.4. The summed E-state index contributed by atoms with van der Waals surface area (Å²) >= 11 is 0. The molecule has 0 aliphatic carbocycles. The molecule has 0 bridgehead atoms. The smallest absolute Gasteiger partial charge is 0.264 e. The Labute approximate surface area is 116 Å². The molecule has 19 heavy (non-hydrogen) atoms. The van der Waals surface area contributed by atoms with Crippen molar-refractivity contribution in [1.29, 1.82) is 0 Å². The Kier molecular flexibility index (Phi) is 6.71. The van der Waals surface area contributed by atoms with Gasteiger partial charge in [-0.25, -0.2) is 0 Å². The minimum absolute atomic E-state index is 0.201. The first kappa shape index (κ1) is 15.8. The van der Waals surface area contributed by atoms with Crippen LogP contribution in [0.4, 0.5) is 0 Å². The lowest BCUT2D eigenvalue weighted by Gasteiger charge is -2.00. The van der Waals surface area contributed by atoms with Crippen LogP contribution in [0.2, 0.25) is 0 Å². The average molecular weight is 296 g/mol. The Balaban J connectivity index is 0.000000258. The molecule has 2 aromatic carbocycles. The van der Waals surface area contributed by atoms with E-state index in [-0.39, 0.29) is 5.75 Å². The summed E-state index contributed by atoms with van der Waals surface area (Å²) in [5.41, 5.74) is 0. The number of hydrogen-bond donors (Lipinski definition) is 1. The van der Waals surface area contributed by atoms with Gasteiger partial charge in [0.1, 0.15) is 0 Å². The Morgan fingerprint density at radius 1 is 0.895 bits per heavy atom. The molecule has 102 valence electrons. The Bertz CT molecular complexity index is 531. The van der Waals surface area contributed by atoms with Crippen LogP contribution in [0.3, 0.4) is 0 Å². The first-order chi connectivity index (χ1) is 9.01. The lowest BCUT2D eigenvalue weighted by molar-refractivity contribution is 0.484. The summed E-state index contributed by atoms with van der Waals surface area (Å²) in [7, 11) is -2.89. The van der Waals surface area contributed by atoms with Crippen LogP contribution in [-0.2, 0) is 10.1 Å². The minimum Gasteiger partial charge on any atom is -0.286 e. The van der Waals surface area contributed by atoms with Crippen LogP contribution in [0.1, 0.15) is 6.92 Å². The number of rotatable bonds is 3. The molecule has 0 saturated heterocycles. The van der Waals surface area contributed by atoms with Crippen molar-refractivity contribution in [2.24, 2.45) is 0 Å². The molecule has 0 aliphatic heterocycles. The Morgan fingerprint density at radius 2 is 1.21 bits per heavy atom. The van der Waals surface area contributed by atoms with Gasteiger partial charge in [0.2, 0.25) is 0 Å². The lowest BCUT2D eigenvalue weighted by Crippen LogP contribution is -2.01. The van der Waals surface area contributed by atoms with Gasteiger partial charge in [-0.2, -0.15) is 8.42 Å². The molecular formula is C14H17O3PS. The van der Waals surface area contributed by atoms with Gasteiger partial charge in [0, 0.05) is 0 Å². The fourth-order valence-corrected chi connectivity index (χ4v) is 2.26. The van der Waals surface area contributed by atoms with E-state index in [2.05, 4.69) is 60.7 Å². The van der Waals surface area contributed by atoms with Crippen LogP contribution in [-0.4, -0.2) is 18.7 Å². The van der Waals surface area contributed by atoms with E-state index in [0.717, 1.165) is 8.58 Å². The van der Waals surface area contributed by atoms with Crippen molar-refractivity contribution in [3.8, 4) is 0 Å². The van der Waals surface area contributed by atoms with E-state index < -0.39 is 10.1 Å². The van der Waals surface area contributed by atoms with Gasteiger partial charge < -0.3 is 0 Å². The van der Waals surface area contributed by atoms with E-state index in [9.17, 15) is 8.42 Å². The zero-order valence-corrected chi connectivity index (χ0v) is 12.5. The highest BCUT2D eigenvalue weighted by Gasteiger charge is 1.93. The van der Waals surface area contributed by atoms with Crippen molar-refractivity contribution >= 4 is 29.3 Å². The maximum Gasteiger partial charge on any atom is 0.264 e. The van der Waals surface area contributed by atoms with Crippen LogP contribution < -0.4 is 10.6 Å². The molecule has 0 aliphatic rings. The molecule has 0 amide bonds. The van der Waals surface area contributed by atoms with Crippen molar-refractivity contribution in [2.75, 3.05) is 5.75 Å². The van der Waals surface area contributed by atoms with Crippen molar-refractivity contribution in [2.45, 2.75) is 6.92 Å². The Hall–Kier alpha value is -1.22. The van der Waals surface area contributed by atoms with Crippen LogP contribution >= 0.6 is 8.58 Å². The highest BCUT2D eigenvalue weighted by molar-refractivity contribution is 7.85. The normalized spacial score (nSPS) is 10.4. The number of hydrogen-bond acceptors (Lipinski definition) is 2. The second-order valence-corrected chi connectivity index (χ2v) is 6.87. The summed E-state index contributed by atoms with van der Waals surface area (Å²) in [5, 5.41) is 2.79. The minimum atomic E-state index is -3.66. The predicted molar refractivity (Wildman–Crippen MR) is 82.6 cm³/mol. The van der Waals surface area contributed by atoms with Gasteiger partial charge in [0.25, 0.3) is 10.1 Å². The molecule has 0 spiro atoms. The van der Waals surface area contributed by atoms with Crippen molar-refractivity contribution in [1.82, 2.24) is 0 Å². The fourth-order valence-electron chi connectivity index (χ4n) is 1.21. The molecular weight excluding hydrogens is 279 g/mol. The largest absolute Gasteiger partial charge is 0.286 e. The summed E-state index contributed by atoms with van der Waals surface area (Å²) < 4.78 is 26.9. The fraction of sp³-hybridized carbons (Fsp3) is 0.143. The molecule has 0 unspecified atom stereocenters. The van der Waals surface area contributed by atoms with Gasteiger partial charge in [-0.3, -0.25) is 4.55 Å². The van der Waals surface area contributed by atoms with Gasteiger partial charge in [0.05, 0.1) is 5.75 Å². The molecule has 2 aromatic rings. The molecule has 0 radical (unpaired) electrons. The molecule has 3 nitrogen and oxygen atoms in total. The van der Waals surface area contributed by atoms with Gasteiger partial charge in [-0.05, 0) is 17.5 Å². The molecule has 2 rings (SSSR count). The van der Waals surface area contributed by atoms with Gasteiger partial charge >= 0.3 is 0 Å². The first-order valence-electron chi connectivity index (χ1n) is 5.83. The van der Waals surface area contributed by atoms with Crippen LogP contribution in [0.15, 0.2) is 60.7 Å². The Morgan fingerprint density at radius 3 is 1.47 bits per heavy atom. The standard InChI is InChI=1S/C12H11P.C2H6O3S/c1-3-7-11(8-4-1)13-12-9-5-2-6-10-12;1-2-6(3,4)5/h1-10,13H;2H2,1H3,(H,3,4,5). The second kappa shape index (κ2) is 8.05. The van der Waals surface area contributed by atoms with Crippen molar-refractivity contribution in [3.05, 3.63) is 60.7 Å². The molecule has 0 fully saturated rings. The van der Waals surface area contributed by atoms with Crippen LogP contribution in [0.25, 0.3) is 0 Å². The second-order valence-electron chi connectivity index (χ2n) is 3.73. The summed E-state index contributed by atoms with van der Waals surface area (Å²) in [5.74, 6) is -0.201. The zero-order valence-electron chi connectivity index (χ0n) is 10.7. The summed E-state index contributed by atoms with van der Waals surface area (Å²) in [6.45, 7) is 1.37. The third kappa shape index (κ3) is 7.73. The molecule has 0 saturated carbocycles. The van der Waals surface area contributed by atoms with E-state index >= 15 is 0 Å². The van der Waals surface area contributed by atoms with E-state index in [1.807, 2.05) is 0 Å². The maximum atomic E-state index is 9.56. The van der Waals surface area contributed by atoms with Gasteiger partial charge in [0.15, 0.2) is 0 Å². The SMILES string of the molecule is CCS(=O)(=O)O.c1ccc(Pc2ccccc2)cc1. The predicted octanol–water partition coefficient (Wildman–Crippen LogP) is 2.21. The highest BCUT2D eigenvalue weighted by Crippen LogP contribution is 2.08. The van der Waals surface area contributed by atoms with Gasteiger partial charge in [-0.15, -0.1) is 0 Å². The van der Waals surface area contributed by atoms with Crippen LogP contribution in [0, 0.1) is 0 Å². The number of benzene rings is 2. The van der Waals surface area contributed by atoms with Crippen molar-refractivity contribution < 1.29 is 13.0 Å². The molecule has 0 heterocycles. The monoisotopic (exact) mass is 296 g/mol. The summed E-state index contributed by atoms with van der Waals surface area (Å²) in [6, 6.07) is 21.2. The zero-order chi connectivity index (χ0) is 14.1. The third-order valence-electron chi connectivity index (χ3n) is 2.20. The highest BCUT2D eigenvalue weighted by atomic mass is 32.2. The van der Waals surface area contributed by atoms with Crippen molar-refractivity contribution in [3.63, 3.8) is 0 Å².